The molecule has 0 aliphatic rings. The lowest BCUT2D eigenvalue weighted by Gasteiger charge is -2.04. The first-order valence-electron chi connectivity index (χ1n) is 7.87. The van der Waals surface area contributed by atoms with Crippen molar-refractivity contribution >= 4 is 27.7 Å². The molecule has 0 aliphatic heterocycles. The molecule has 0 N–H and O–H groups in total. The minimum absolute atomic E-state index is 0.456. The summed E-state index contributed by atoms with van der Waals surface area (Å²) >= 11 is 4.85. The molecule has 2 heterocycles. The second-order valence-corrected chi connectivity index (χ2v) is 7.23. The first-order valence-corrected chi connectivity index (χ1v) is 9.65. The predicted molar refractivity (Wildman–Crippen MR) is 103 cm³/mol. The zero-order chi connectivity index (χ0) is 18.6. The summed E-state index contributed by atoms with van der Waals surface area (Å²) in [4.78, 5) is 0. The Morgan fingerprint density at radius 2 is 1.96 bits per heavy atom. The second-order valence-electron chi connectivity index (χ2n) is 5.37. The van der Waals surface area contributed by atoms with E-state index in [4.69, 9.17) is 9.15 Å². The molecule has 0 fully saturated rings. The van der Waals surface area contributed by atoms with Gasteiger partial charge in [0.25, 0.3) is 0 Å². The zero-order valence-corrected chi connectivity index (χ0v) is 16.5. The molecule has 0 spiro atoms. The average Bonchev–Trinajstić information content (AvgIpc) is 3.36. The number of methoxy groups -OCH3 is 1. The Morgan fingerprint density at radius 3 is 2.74 bits per heavy atom. The van der Waals surface area contributed by atoms with Crippen molar-refractivity contribution in [3.63, 3.8) is 0 Å². The van der Waals surface area contributed by atoms with Crippen LogP contribution in [-0.4, -0.2) is 37.5 Å². The molecule has 0 amide bonds. The lowest BCUT2D eigenvalue weighted by Crippen LogP contribution is -1.99. The van der Waals surface area contributed by atoms with Crippen molar-refractivity contribution in [2.45, 2.75) is 10.9 Å². The summed E-state index contributed by atoms with van der Waals surface area (Å²) in [6, 6.07) is 15.2. The van der Waals surface area contributed by atoms with E-state index in [9.17, 15) is 0 Å². The molecule has 0 saturated heterocycles. The van der Waals surface area contributed by atoms with E-state index in [-0.39, 0.29) is 0 Å². The molecule has 0 aliphatic carbocycles. The fourth-order valence-corrected chi connectivity index (χ4v) is 3.46. The van der Waals surface area contributed by atoms with Gasteiger partial charge in [-0.2, -0.15) is 4.68 Å². The molecule has 10 heteroatoms. The highest BCUT2D eigenvalue weighted by Gasteiger charge is 2.13. The van der Waals surface area contributed by atoms with E-state index in [1.807, 2.05) is 48.5 Å². The Balaban J connectivity index is 1.48. The molecule has 2 aromatic carbocycles. The minimum Gasteiger partial charge on any atom is -0.497 e. The van der Waals surface area contributed by atoms with Crippen LogP contribution in [0.25, 0.3) is 17.1 Å². The van der Waals surface area contributed by atoms with E-state index in [2.05, 4.69) is 41.7 Å². The van der Waals surface area contributed by atoms with Gasteiger partial charge >= 0.3 is 0 Å². The van der Waals surface area contributed by atoms with Gasteiger partial charge in [0.1, 0.15) is 5.75 Å². The van der Waals surface area contributed by atoms with E-state index < -0.39 is 0 Å². The van der Waals surface area contributed by atoms with Gasteiger partial charge in [-0.25, -0.2) is 0 Å². The standard InChI is InChI=1S/C17H13BrN6O2S/c1-25-14-7-5-13(6-8-14)24-17(21-22-23-24)27-10-15-19-20-16(26-15)11-3-2-4-12(18)9-11/h2-9H,10H2,1H3. The number of thioether (sulfide) groups is 1. The van der Waals surface area contributed by atoms with Crippen LogP contribution in [-0.2, 0) is 5.75 Å². The number of hydrogen-bond donors (Lipinski definition) is 0. The van der Waals surface area contributed by atoms with Crippen molar-refractivity contribution < 1.29 is 9.15 Å². The van der Waals surface area contributed by atoms with Crippen molar-refractivity contribution in [3.05, 3.63) is 58.9 Å². The number of aromatic nitrogens is 6. The van der Waals surface area contributed by atoms with Crippen LogP contribution in [0.5, 0.6) is 5.75 Å². The number of halogens is 1. The van der Waals surface area contributed by atoms with Crippen LogP contribution < -0.4 is 4.74 Å². The summed E-state index contributed by atoms with van der Waals surface area (Å²) in [7, 11) is 1.63. The number of ether oxygens (including phenoxy) is 1. The van der Waals surface area contributed by atoms with E-state index in [1.165, 1.54) is 11.8 Å². The highest BCUT2D eigenvalue weighted by molar-refractivity contribution is 9.10. The molecule has 0 unspecified atom stereocenters. The Hall–Kier alpha value is -2.72. The molecular formula is C17H13BrN6O2S. The fourth-order valence-electron chi connectivity index (χ4n) is 2.33. The molecule has 27 heavy (non-hydrogen) atoms. The van der Waals surface area contributed by atoms with E-state index in [0.717, 1.165) is 21.5 Å². The SMILES string of the molecule is COc1ccc(-n2nnnc2SCc2nnc(-c3cccc(Br)c3)o2)cc1. The monoisotopic (exact) mass is 444 g/mol. The van der Waals surface area contributed by atoms with Crippen LogP contribution in [0.1, 0.15) is 5.89 Å². The molecular weight excluding hydrogens is 432 g/mol. The smallest absolute Gasteiger partial charge is 0.247 e. The second kappa shape index (κ2) is 7.89. The summed E-state index contributed by atoms with van der Waals surface area (Å²) in [6.07, 6.45) is 0. The molecule has 0 atom stereocenters. The summed E-state index contributed by atoms with van der Waals surface area (Å²) in [5.74, 6) is 2.20. The van der Waals surface area contributed by atoms with Crippen molar-refractivity contribution in [1.29, 1.82) is 0 Å². The van der Waals surface area contributed by atoms with Crippen LogP contribution in [0, 0.1) is 0 Å². The quantitative estimate of drug-likeness (QED) is 0.414. The van der Waals surface area contributed by atoms with Gasteiger partial charge in [0.2, 0.25) is 16.9 Å². The van der Waals surface area contributed by atoms with E-state index in [1.54, 1.807) is 11.8 Å². The number of tetrazole rings is 1. The first-order chi connectivity index (χ1) is 13.2. The van der Waals surface area contributed by atoms with Crippen LogP contribution in [0.4, 0.5) is 0 Å². The highest BCUT2D eigenvalue weighted by Crippen LogP contribution is 2.26. The third-order valence-corrected chi connectivity index (χ3v) is 5.02. The number of benzene rings is 2. The van der Waals surface area contributed by atoms with Crippen LogP contribution >= 0.6 is 27.7 Å². The van der Waals surface area contributed by atoms with Gasteiger partial charge in [-0.3, -0.25) is 0 Å². The molecule has 0 radical (unpaired) electrons. The predicted octanol–water partition coefficient (Wildman–Crippen LogP) is 3.78. The summed E-state index contributed by atoms with van der Waals surface area (Å²) in [5, 5.41) is 20.7. The first kappa shape index (κ1) is 17.7. The topological polar surface area (TPSA) is 91.8 Å². The van der Waals surface area contributed by atoms with Gasteiger partial charge in [0.15, 0.2) is 0 Å². The molecule has 4 aromatic rings. The maximum atomic E-state index is 5.74. The molecule has 8 nitrogen and oxygen atoms in total. The Kier molecular flexibility index (Phi) is 5.16. The largest absolute Gasteiger partial charge is 0.497 e. The third kappa shape index (κ3) is 4.01. The van der Waals surface area contributed by atoms with Crippen molar-refractivity contribution in [2.75, 3.05) is 7.11 Å². The number of rotatable bonds is 6. The zero-order valence-electron chi connectivity index (χ0n) is 14.1. The molecule has 0 bridgehead atoms. The van der Waals surface area contributed by atoms with Gasteiger partial charge < -0.3 is 9.15 Å². The van der Waals surface area contributed by atoms with E-state index in [0.29, 0.717) is 22.7 Å². The fraction of sp³-hybridized carbons (Fsp3) is 0.118. The van der Waals surface area contributed by atoms with Gasteiger partial charge in [0, 0.05) is 10.0 Å². The lowest BCUT2D eigenvalue weighted by atomic mass is 10.2. The van der Waals surface area contributed by atoms with Crippen molar-refractivity contribution in [1.82, 2.24) is 30.4 Å². The molecule has 136 valence electrons. The Bertz CT molecular complexity index is 1050. The number of nitrogens with zero attached hydrogens (tertiary/aromatic N) is 6. The maximum Gasteiger partial charge on any atom is 0.247 e. The van der Waals surface area contributed by atoms with E-state index >= 15 is 0 Å². The molecule has 0 saturated carbocycles. The van der Waals surface area contributed by atoms with Crippen molar-refractivity contribution in [3.8, 4) is 22.9 Å². The minimum atomic E-state index is 0.456. The van der Waals surface area contributed by atoms with Crippen LogP contribution in [0.15, 0.2) is 62.6 Å². The lowest BCUT2D eigenvalue weighted by molar-refractivity contribution is 0.414. The van der Waals surface area contributed by atoms with Crippen molar-refractivity contribution in [2.24, 2.45) is 0 Å². The normalized spacial score (nSPS) is 10.9. The average molecular weight is 445 g/mol. The maximum absolute atomic E-state index is 5.74. The molecule has 2 aromatic heterocycles. The highest BCUT2D eigenvalue weighted by atomic mass is 79.9. The van der Waals surface area contributed by atoms with Gasteiger partial charge in [-0.05, 0) is 52.9 Å². The summed E-state index contributed by atoms with van der Waals surface area (Å²) in [6.45, 7) is 0. The summed E-state index contributed by atoms with van der Waals surface area (Å²) < 4.78 is 13.5. The summed E-state index contributed by atoms with van der Waals surface area (Å²) in [5.41, 5.74) is 1.69. The van der Waals surface area contributed by atoms with Gasteiger partial charge in [-0.1, -0.05) is 33.8 Å². The Morgan fingerprint density at radius 1 is 1.11 bits per heavy atom. The molecule has 4 rings (SSSR count). The Labute approximate surface area is 167 Å². The van der Waals surface area contributed by atoms with Crippen LogP contribution in [0.3, 0.4) is 0 Å². The van der Waals surface area contributed by atoms with Gasteiger partial charge in [-0.15, -0.1) is 15.3 Å². The van der Waals surface area contributed by atoms with Gasteiger partial charge in [0.05, 0.1) is 18.6 Å². The van der Waals surface area contributed by atoms with Crippen LogP contribution in [0.2, 0.25) is 0 Å². The third-order valence-electron chi connectivity index (χ3n) is 3.62. The number of hydrogen-bond acceptors (Lipinski definition) is 8.